The van der Waals surface area contributed by atoms with Crippen molar-refractivity contribution in [2.45, 2.75) is 38.6 Å². The maximum Gasteiger partial charge on any atom is 0.252 e. The van der Waals surface area contributed by atoms with Crippen LogP contribution in [0.5, 0.6) is 0 Å². The van der Waals surface area contributed by atoms with Crippen LogP contribution in [-0.2, 0) is 14.6 Å². The van der Waals surface area contributed by atoms with Gasteiger partial charge in [-0.15, -0.1) is 0 Å². The molecule has 2 N–H and O–H groups in total. The van der Waals surface area contributed by atoms with Gasteiger partial charge in [-0.2, -0.15) is 5.10 Å². The minimum Gasteiger partial charge on any atom is -0.330 e. The molecule has 2 unspecified atom stereocenters. The average molecular weight is 287 g/mol. The predicted octanol–water partition coefficient (Wildman–Crippen LogP) is 0.137. The monoisotopic (exact) mass is 287 g/mol. The van der Waals surface area contributed by atoms with Crippen LogP contribution in [-0.4, -0.2) is 48.6 Å². The molecule has 2 aliphatic rings. The highest BCUT2D eigenvalue weighted by Crippen LogP contribution is 2.35. The van der Waals surface area contributed by atoms with E-state index in [1.54, 1.807) is 6.92 Å². The molecule has 0 saturated carbocycles. The van der Waals surface area contributed by atoms with Crippen molar-refractivity contribution in [2.24, 2.45) is 16.8 Å². The molecule has 2 aliphatic heterocycles. The topological polar surface area (TPSA) is 92.8 Å². The van der Waals surface area contributed by atoms with E-state index in [4.69, 9.17) is 5.73 Å². The van der Waals surface area contributed by atoms with E-state index >= 15 is 0 Å². The third kappa shape index (κ3) is 2.53. The van der Waals surface area contributed by atoms with E-state index in [0.29, 0.717) is 25.8 Å². The molecular formula is C12H21N3O3S. The number of sulfone groups is 1. The van der Waals surface area contributed by atoms with E-state index in [0.717, 1.165) is 5.71 Å². The first-order chi connectivity index (χ1) is 8.83. The molecule has 0 radical (unpaired) electrons. The molecular weight excluding hydrogens is 266 g/mol. The molecule has 108 valence electrons. The fraction of sp³-hybridized carbons (Fsp3) is 0.833. The van der Waals surface area contributed by atoms with E-state index in [9.17, 15) is 13.2 Å². The molecule has 0 aromatic heterocycles. The van der Waals surface area contributed by atoms with Gasteiger partial charge in [-0.1, -0.05) is 6.92 Å². The first-order valence-corrected chi connectivity index (χ1v) is 8.47. The Bertz CT molecular complexity index is 514. The maximum absolute atomic E-state index is 12.4. The second-order valence-corrected chi connectivity index (χ2v) is 7.75. The summed E-state index contributed by atoms with van der Waals surface area (Å²) < 4.78 is 23.3. The van der Waals surface area contributed by atoms with Crippen molar-refractivity contribution in [1.29, 1.82) is 0 Å². The summed E-state index contributed by atoms with van der Waals surface area (Å²) >= 11 is 0. The first-order valence-electron chi connectivity index (χ1n) is 6.65. The van der Waals surface area contributed by atoms with Gasteiger partial charge in [0.25, 0.3) is 5.91 Å². The van der Waals surface area contributed by atoms with Crippen molar-refractivity contribution >= 4 is 21.5 Å². The van der Waals surface area contributed by atoms with Crippen LogP contribution < -0.4 is 5.73 Å². The number of carbonyl (C=O) groups excluding carboxylic acids is 1. The van der Waals surface area contributed by atoms with E-state index in [-0.39, 0.29) is 23.3 Å². The molecule has 1 amide bonds. The van der Waals surface area contributed by atoms with E-state index in [1.807, 2.05) is 6.92 Å². The molecule has 0 aromatic carbocycles. The lowest BCUT2D eigenvalue weighted by Crippen LogP contribution is -2.47. The summed E-state index contributed by atoms with van der Waals surface area (Å²) in [5, 5.41) is 5.80. The lowest BCUT2D eigenvalue weighted by atomic mass is 9.95. The van der Waals surface area contributed by atoms with E-state index < -0.39 is 15.4 Å². The Hall–Kier alpha value is -0.950. The van der Waals surface area contributed by atoms with Crippen LogP contribution in [0, 0.1) is 5.92 Å². The zero-order valence-corrected chi connectivity index (χ0v) is 12.2. The Morgan fingerprint density at radius 1 is 1.53 bits per heavy atom. The summed E-state index contributed by atoms with van der Waals surface area (Å²) in [5.74, 6) is -0.232. The van der Waals surface area contributed by atoms with Gasteiger partial charge in [0.05, 0.1) is 28.7 Å². The van der Waals surface area contributed by atoms with Crippen molar-refractivity contribution in [3.63, 3.8) is 0 Å². The molecule has 1 fully saturated rings. The summed E-state index contributed by atoms with van der Waals surface area (Å²) in [7, 11) is -3.06. The van der Waals surface area contributed by atoms with Crippen LogP contribution in [0.15, 0.2) is 5.10 Å². The van der Waals surface area contributed by atoms with Crippen LogP contribution in [0.2, 0.25) is 0 Å². The normalized spacial score (nSPS) is 33.8. The molecule has 19 heavy (non-hydrogen) atoms. The van der Waals surface area contributed by atoms with Gasteiger partial charge < -0.3 is 5.73 Å². The van der Waals surface area contributed by atoms with Crippen LogP contribution in [0.3, 0.4) is 0 Å². The predicted molar refractivity (Wildman–Crippen MR) is 73.4 cm³/mol. The molecule has 2 rings (SSSR count). The third-order valence-electron chi connectivity index (χ3n) is 3.95. The lowest BCUT2D eigenvalue weighted by Gasteiger charge is -2.31. The lowest BCUT2D eigenvalue weighted by molar-refractivity contribution is -0.136. The van der Waals surface area contributed by atoms with Gasteiger partial charge in [0.1, 0.15) is 0 Å². The standard InChI is InChI=1S/C12H21N3O3S/c1-3-10-9(4-6-13)11(16)15(14-10)12(2)5-7-19(17,18)8-12/h9H,3-8,13H2,1-2H3. The minimum absolute atomic E-state index is 0.00157. The van der Waals surface area contributed by atoms with Crippen LogP contribution >= 0.6 is 0 Å². The Morgan fingerprint density at radius 3 is 2.68 bits per heavy atom. The number of amides is 1. The molecule has 0 aromatic rings. The van der Waals surface area contributed by atoms with Crippen molar-refractivity contribution in [3.05, 3.63) is 0 Å². The molecule has 7 heteroatoms. The second kappa shape index (κ2) is 4.86. The average Bonchev–Trinajstić information content (AvgIpc) is 2.79. The second-order valence-electron chi connectivity index (χ2n) is 5.56. The minimum atomic E-state index is -3.06. The molecule has 0 bridgehead atoms. The Morgan fingerprint density at radius 2 is 2.21 bits per heavy atom. The summed E-state index contributed by atoms with van der Waals surface area (Å²) in [4.78, 5) is 12.4. The van der Waals surface area contributed by atoms with E-state index in [2.05, 4.69) is 5.10 Å². The fourth-order valence-corrected chi connectivity index (χ4v) is 4.97. The fourth-order valence-electron chi connectivity index (χ4n) is 2.86. The Labute approximate surface area is 113 Å². The molecule has 1 saturated heterocycles. The van der Waals surface area contributed by atoms with E-state index in [1.165, 1.54) is 5.01 Å². The third-order valence-corrected chi connectivity index (χ3v) is 5.84. The molecule has 2 heterocycles. The summed E-state index contributed by atoms with van der Waals surface area (Å²) in [6.45, 7) is 4.18. The highest BCUT2D eigenvalue weighted by molar-refractivity contribution is 7.91. The van der Waals surface area contributed by atoms with Gasteiger partial charge in [-0.05, 0) is 32.7 Å². The number of rotatable bonds is 4. The van der Waals surface area contributed by atoms with Crippen LogP contribution in [0.4, 0.5) is 0 Å². The van der Waals surface area contributed by atoms with Gasteiger partial charge in [0.15, 0.2) is 9.84 Å². The van der Waals surface area contributed by atoms with Gasteiger partial charge in [-0.3, -0.25) is 4.79 Å². The highest BCUT2D eigenvalue weighted by Gasteiger charge is 2.49. The van der Waals surface area contributed by atoms with Crippen molar-refractivity contribution in [1.82, 2.24) is 5.01 Å². The SMILES string of the molecule is CCC1=NN(C2(C)CCS(=O)(=O)C2)C(=O)C1CCN. The number of hydrogen-bond donors (Lipinski definition) is 1. The molecule has 0 spiro atoms. The van der Waals surface area contributed by atoms with Gasteiger partial charge in [-0.25, -0.2) is 13.4 Å². The van der Waals surface area contributed by atoms with Crippen molar-refractivity contribution in [3.8, 4) is 0 Å². The number of hydrazone groups is 1. The number of carbonyl (C=O) groups is 1. The summed E-state index contributed by atoms with van der Waals surface area (Å²) in [6.07, 6.45) is 1.72. The zero-order valence-electron chi connectivity index (χ0n) is 11.4. The molecule has 0 aliphatic carbocycles. The highest BCUT2D eigenvalue weighted by atomic mass is 32.2. The van der Waals surface area contributed by atoms with Gasteiger partial charge in [0, 0.05) is 0 Å². The number of nitrogens with zero attached hydrogens (tertiary/aromatic N) is 2. The van der Waals surface area contributed by atoms with Crippen molar-refractivity contribution < 1.29 is 13.2 Å². The largest absolute Gasteiger partial charge is 0.330 e. The number of nitrogens with two attached hydrogens (primary N) is 1. The summed E-state index contributed by atoms with van der Waals surface area (Å²) in [6, 6.07) is 0. The van der Waals surface area contributed by atoms with Gasteiger partial charge in [0.2, 0.25) is 0 Å². The smallest absolute Gasteiger partial charge is 0.252 e. The first kappa shape index (κ1) is 14.5. The maximum atomic E-state index is 12.4. The van der Waals surface area contributed by atoms with Gasteiger partial charge >= 0.3 is 0 Å². The molecule has 2 atom stereocenters. The number of hydrogen-bond acceptors (Lipinski definition) is 5. The molecule has 6 nitrogen and oxygen atoms in total. The van der Waals surface area contributed by atoms with Crippen LogP contribution in [0.25, 0.3) is 0 Å². The van der Waals surface area contributed by atoms with Crippen molar-refractivity contribution in [2.75, 3.05) is 18.1 Å². The Kier molecular flexibility index (Phi) is 3.70. The quantitative estimate of drug-likeness (QED) is 0.795. The Balaban J connectivity index is 2.27. The van der Waals surface area contributed by atoms with Crippen LogP contribution in [0.1, 0.15) is 33.1 Å². The summed E-state index contributed by atoms with van der Waals surface area (Å²) in [5.41, 5.74) is 5.67. The zero-order chi connectivity index (χ0) is 14.3.